The zero-order valence-corrected chi connectivity index (χ0v) is 21.0. The number of ether oxygens (including phenoxy) is 1. The molecule has 0 radical (unpaired) electrons. The van der Waals surface area contributed by atoms with E-state index in [1.54, 1.807) is 12.1 Å². The van der Waals surface area contributed by atoms with Crippen LogP contribution in [-0.4, -0.2) is 47.8 Å². The fourth-order valence-corrected chi connectivity index (χ4v) is 4.19. The van der Waals surface area contributed by atoms with Gasteiger partial charge in [0, 0.05) is 41.0 Å². The SMILES string of the molecule is CCCOCC(Cc1ccc(-c2cc3ccccc3[nH]2)cc1)Nc1ccc(C(=O)NCCC(=O)O)cc1. The summed E-state index contributed by atoms with van der Waals surface area (Å²) >= 11 is 0. The van der Waals surface area contributed by atoms with E-state index in [-0.39, 0.29) is 24.9 Å². The Balaban J connectivity index is 1.39. The molecule has 7 nitrogen and oxygen atoms in total. The summed E-state index contributed by atoms with van der Waals surface area (Å²) in [6.45, 7) is 3.46. The molecule has 1 heterocycles. The number of amides is 1. The first-order valence-corrected chi connectivity index (χ1v) is 12.6. The van der Waals surface area contributed by atoms with Crippen molar-refractivity contribution in [1.82, 2.24) is 10.3 Å². The summed E-state index contributed by atoms with van der Waals surface area (Å²) in [4.78, 5) is 26.3. The maximum Gasteiger partial charge on any atom is 0.305 e. The lowest BCUT2D eigenvalue weighted by atomic mass is 10.0. The van der Waals surface area contributed by atoms with Gasteiger partial charge in [-0.3, -0.25) is 9.59 Å². The number of aliphatic carboxylic acids is 1. The molecule has 1 amide bonds. The van der Waals surface area contributed by atoms with Gasteiger partial charge in [-0.05, 0) is 60.4 Å². The molecule has 0 saturated carbocycles. The maximum absolute atomic E-state index is 12.2. The van der Waals surface area contributed by atoms with E-state index in [4.69, 9.17) is 9.84 Å². The second-order valence-corrected chi connectivity index (χ2v) is 9.06. The van der Waals surface area contributed by atoms with Gasteiger partial charge in [0.25, 0.3) is 5.91 Å². The van der Waals surface area contributed by atoms with E-state index in [1.165, 1.54) is 10.9 Å². The van der Waals surface area contributed by atoms with Crippen molar-refractivity contribution < 1.29 is 19.4 Å². The fraction of sp³-hybridized carbons (Fsp3) is 0.267. The van der Waals surface area contributed by atoms with Crippen LogP contribution in [0.3, 0.4) is 0 Å². The number of para-hydroxylation sites is 1. The number of H-pyrrole nitrogens is 1. The highest BCUT2D eigenvalue weighted by atomic mass is 16.5. The number of carbonyl (C=O) groups excluding carboxylic acids is 1. The van der Waals surface area contributed by atoms with Crippen molar-refractivity contribution in [2.24, 2.45) is 0 Å². The number of carboxylic acid groups (broad SMARTS) is 1. The molecule has 192 valence electrons. The second-order valence-electron chi connectivity index (χ2n) is 9.06. The van der Waals surface area contributed by atoms with Crippen LogP contribution in [0.2, 0.25) is 0 Å². The van der Waals surface area contributed by atoms with Gasteiger partial charge in [0.15, 0.2) is 0 Å². The summed E-state index contributed by atoms with van der Waals surface area (Å²) in [5.41, 5.74) is 5.95. The predicted octanol–water partition coefficient (Wildman–Crippen LogP) is 5.49. The second kappa shape index (κ2) is 12.7. The Labute approximate surface area is 216 Å². The van der Waals surface area contributed by atoms with Gasteiger partial charge in [-0.25, -0.2) is 0 Å². The van der Waals surface area contributed by atoms with E-state index < -0.39 is 5.97 Å². The van der Waals surface area contributed by atoms with Crippen LogP contribution in [0.4, 0.5) is 5.69 Å². The van der Waals surface area contributed by atoms with Crippen molar-refractivity contribution in [1.29, 1.82) is 0 Å². The highest BCUT2D eigenvalue weighted by Gasteiger charge is 2.12. The van der Waals surface area contributed by atoms with Gasteiger partial charge >= 0.3 is 5.97 Å². The Morgan fingerprint density at radius 3 is 2.46 bits per heavy atom. The molecule has 0 bridgehead atoms. The molecule has 7 heteroatoms. The summed E-state index contributed by atoms with van der Waals surface area (Å²) < 4.78 is 5.86. The Bertz CT molecular complexity index is 1280. The number of carboxylic acids is 1. The van der Waals surface area contributed by atoms with E-state index in [1.807, 2.05) is 24.3 Å². The van der Waals surface area contributed by atoms with Crippen molar-refractivity contribution in [3.05, 3.63) is 90.0 Å². The van der Waals surface area contributed by atoms with E-state index in [9.17, 15) is 9.59 Å². The van der Waals surface area contributed by atoms with Gasteiger partial charge < -0.3 is 25.5 Å². The Kier molecular flexibility index (Phi) is 8.94. The van der Waals surface area contributed by atoms with Gasteiger partial charge in [-0.1, -0.05) is 49.4 Å². The number of hydrogen-bond acceptors (Lipinski definition) is 4. The number of anilines is 1. The van der Waals surface area contributed by atoms with Crippen molar-refractivity contribution >= 4 is 28.5 Å². The van der Waals surface area contributed by atoms with Crippen LogP contribution in [0.25, 0.3) is 22.2 Å². The van der Waals surface area contributed by atoms with E-state index in [0.717, 1.165) is 35.3 Å². The van der Waals surface area contributed by atoms with E-state index in [2.05, 4.69) is 65.0 Å². The third-order valence-corrected chi connectivity index (χ3v) is 6.09. The zero-order chi connectivity index (χ0) is 26.0. The first kappa shape index (κ1) is 26.0. The summed E-state index contributed by atoms with van der Waals surface area (Å²) in [6.07, 6.45) is 1.64. The Morgan fingerprint density at radius 1 is 1.00 bits per heavy atom. The molecule has 0 fully saturated rings. The van der Waals surface area contributed by atoms with Crippen molar-refractivity contribution in [2.45, 2.75) is 32.2 Å². The summed E-state index contributed by atoms with van der Waals surface area (Å²) in [6, 6.07) is 26.3. The van der Waals surface area contributed by atoms with Crippen LogP contribution in [0.5, 0.6) is 0 Å². The molecule has 0 spiro atoms. The minimum absolute atomic E-state index is 0.0562. The molecule has 4 rings (SSSR count). The minimum atomic E-state index is -0.941. The number of aromatic amines is 1. The molecule has 0 saturated heterocycles. The van der Waals surface area contributed by atoms with Crippen LogP contribution in [0.1, 0.15) is 35.7 Å². The monoisotopic (exact) mass is 499 g/mol. The smallest absolute Gasteiger partial charge is 0.305 e. The molecule has 4 N–H and O–H groups in total. The molecule has 3 aromatic carbocycles. The third kappa shape index (κ3) is 7.44. The average Bonchev–Trinajstić information content (AvgIpc) is 3.34. The van der Waals surface area contributed by atoms with Crippen LogP contribution in [-0.2, 0) is 16.0 Å². The van der Waals surface area contributed by atoms with Gasteiger partial charge in [-0.2, -0.15) is 0 Å². The average molecular weight is 500 g/mol. The van der Waals surface area contributed by atoms with Gasteiger partial charge in [0.1, 0.15) is 0 Å². The fourth-order valence-electron chi connectivity index (χ4n) is 4.19. The van der Waals surface area contributed by atoms with Crippen molar-refractivity contribution in [3.63, 3.8) is 0 Å². The van der Waals surface area contributed by atoms with Crippen LogP contribution in [0, 0.1) is 0 Å². The third-order valence-electron chi connectivity index (χ3n) is 6.09. The minimum Gasteiger partial charge on any atom is -0.481 e. The van der Waals surface area contributed by atoms with E-state index in [0.29, 0.717) is 18.8 Å². The number of carbonyl (C=O) groups is 2. The van der Waals surface area contributed by atoms with Crippen molar-refractivity contribution in [2.75, 3.05) is 25.1 Å². The Morgan fingerprint density at radius 2 is 1.76 bits per heavy atom. The first-order chi connectivity index (χ1) is 18.0. The maximum atomic E-state index is 12.2. The highest BCUT2D eigenvalue weighted by molar-refractivity contribution is 5.94. The zero-order valence-electron chi connectivity index (χ0n) is 21.0. The standard InChI is InChI=1S/C30H33N3O4/c1-2-17-37-20-26(32-25-13-11-23(12-14-25)30(36)31-16-15-29(34)35)18-21-7-9-22(10-8-21)28-19-24-5-3-4-6-27(24)33-28/h3-14,19,26,32-33H,2,15-18,20H2,1H3,(H,31,36)(H,34,35). The largest absolute Gasteiger partial charge is 0.481 e. The lowest BCUT2D eigenvalue weighted by Crippen LogP contribution is -2.28. The molecule has 1 atom stereocenters. The number of rotatable bonds is 13. The lowest BCUT2D eigenvalue weighted by Gasteiger charge is -2.20. The van der Waals surface area contributed by atoms with Crippen LogP contribution < -0.4 is 10.6 Å². The van der Waals surface area contributed by atoms with E-state index >= 15 is 0 Å². The molecule has 4 aromatic rings. The summed E-state index contributed by atoms with van der Waals surface area (Å²) in [7, 11) is 0. The lowest BCUT2D eigenvalue weighted by molar-refractivity contribution is -0.136. The highest BCUT2D eigenvalue weighted by Crippen LogP contribution is 2.25. The van der Waals surface area contributed by atoms with Gasteiger partial charge in [-0.15, -0.1) is 0 Å². The predicted molar refractivity (Wildman–Crippen MR) is 147 cm³/mol. The molecular formula is C30H33N3O4. The number of nitrogens with one attached hydrogen (secondary N) is 3. The molecule has 1 unspecified atom stereocenters. The number of hydrogen-bond donors (Lipinski definition) is 4. The topological polar surface area (TPSA) is 103 Å². The molecule has 0 aliphatic carbocycles. The summed E-state index contributed by atoms with van der Waals surface area (Å²) in [5, 5.41) is 16.1. The number of benzene rings is 3. The van der Waals surface area contributed by atoms with Crippen LogP contribution in [0.15, 0.2) is 78.9 Å². The van der Waals surface area contributed by atoms with Gasteiger partial charge in [0.2, 0.25) is 0 Å². The molecule has 0 aliphatic rings. The van der Waals surface area contributed by atoms with Crippen LogP contribution >= 0.6 is 0 Å². The quantitative estimate of drug-likeness (QED) is 0.182. The Hall–Kier alpha value is -4.10. The first-order valence-electron chi connectivity index (χ1n) is 12.6. The number of fused-ring (bicyclic) bond motifs is 1. The molecule has 0 aliphatic heterocycles. The molecule has 1 aromatic heterocycles. The normalized spacial score (nSPS) is 11.8. The van der Waals surface area contributed by atoms with Crippen molar-refractivity contribution in [3.8, 4) is 11.3 Å². The number of aromatic nitrogens is 1. The molecular weight excluding hydrogens is 466 g/mol. The van der Waals surface area contributed by atoms with Gasteiger partial charge in [0.05, 0.1) is 19.1 Å². The molecule has 37 heavy (non-hydrogen) atoms. The summed E-state index contributed by atoms with van der Waals surface area (Å²) in [5.74, 6) is -1.23.